The Morgan fingerprint density at radius 1 is 0.953 bits per heavy atom. The summed E-state index contributed by atoms with van der Waals surface area (Å²) < 4.78 is 61.7. The number of sulfonamides is 1. The Morgan fingerprint density at radius 3 is 2.16 bits per heavy atom. The minimum absolute atomic E-state index is 0.0417. The lowest BCUT2D eigenvalue weighted by Gasteiger charge is -2.29. The first-order valence-electron chi connectivity index (χ1n) is 13.2. The Morgan fingerprint density at radius 2 is 1.58 bits per heavy atom. The summed E-state index contributed by atoms with van der Waals surface area (Å²) in [5.41, 5.74) is 0.969. The Balaban J connectivity index is 1.98. The van der Waals surface area contributed by atoms with Crippen LogP contribution in [0.5, 0.6) is 17.4 Å². The molecular formula is C29H35FN5O6S2+. The van der Waals surface area contributed by atoms with Crippen LogP contribution in [-0.2, 0) is 20.9 Å². The van der Waals surface area contributed by atoms with Gasteiger partial charge in [-0.1, -0.05) is 24.3 Å². The normalized spacial score (nSPS) is 13.0. The predicted molar refractivity (Wildman–Crippen MR) is 165 cm³/mol. The quantitative estimate of drug-likeness (QED) is 0.220. The van der Waals surface area contributed by atoms with E-state index in [1.807, 2.05) is 12.5 Å². The molecule has 43 heavy (non-hydrogen) atoms. The van der Waals surface area contributed by atoms with Gasteiger partial charge in [0.2, 0.25) is 21.9 Å². The van der Waals surface area contributed by atoms with E-state index in [2.05, 4.69) is 15.2 Å². The monoisotopic (exact) mass is 632 g/mol. The molecule has 4 aromatic rings. The molecule has 0 aliphatic carbocycles. The summed E-state index contributed by atoms with van der Waals surface area (Å²) in [6.07, 6.45) is 2.55. The summed E-state index contributed by atoms with van der Waals surface area (Å²) in [4.78, 5) is 4.51. The maximum Gasteiger partial charge on any atom is 0.246 e. The number of hydrogen-bond donors (Lipinski definition) is 1. The van der Waals surface area contributed by atoms with Crippen LogP contribution in [0, 0.1) is 5.82 Å². The van der Waals surface area contributed by atoms with Crippen LogP contribution in [0.2, 0.25) is 0 Å². The zero-order valence-corrected chi connectivity index (χ0v) is 26.4. The number of hydrogen-bond acceptors (Lipinski definition) is 9. The fraction of sp³-hybridized carbons (Fsp3) is 0.345. The lowest BCUT2D eigenvalue weighted by atomic mass is 10.1. The molecule has 0 amide bonds. The van der Waals surface area contributed by atoms with Crippen LogP contribution in [-0.4, -0.2) is 84.7 Å². The first-order chi connectivity index (χ1) is 20.5. The number of aliphatic hydroxyl groups is 1. The maximum atomic E-state index is 14.4. The molecule has 0 unspecified atom stereocenters. The molecule has 230 valence electrons. The van der Waals surface area contributed by atoms with Crippen LogP contribution in [0.1, 0.15) is 18.6 Å². The van der Waals surface area contributed by atoms with Gasteiger partial charge in [0.1, 0.15) is 39.7 Å². The Bertz CT molecular complexity index is 1630. The highest BCUT2D eigenvalue weighted by atomic mass is 32.2. The van der Waals surface area contributed by atoms with Crippen molar-refractivity contribution in [3.05, 3.63) is 72.0 Å². The minimum atomic E-state index is -4.31. The Hall–Kier alpha value is -3.88. The van der Waals surface area contributed by atoms with Crippen molar-refractivity contribution in [1.82, 2.24) is 19.7 Å². The zero-order valence-electron chi connectivity index (χ0n) is 24.8. The second kappa shape index (κ2) is 13.6. The predicted octanol–water partition coefficient (Wildman–Crippen LogP) is 3.63. The fourth-order valence-electron chi connectivity index (χ4n) is 4.42. The van der Waals surface area contributed by atoms with Crippen LogP contribution in [0.15, 0.2) is 60.7 Å². The molecule has 14 heteroatoms. The molecule has 11 nitrogen and oxygen atoms in total. The Kier molecular flexibility index (Phi) is 10.1. The first-order valence-corrected chi connectivity index (χ1v) is 16.9. The number of benzene rings is 2. The molecule has 0 saturated heterocycles. The molecule has 0 bridgehead atoms. The molecule has 2 heterocycles. The van der Waals surface area contributed by atoms with Crippen LogP contribution >= 0.6 is 0 Å². The van der Waals surface area contributed by atoms with E-state index in [9.17, 15) is 17.9 Å². The third-order valence-electron chi connectivity index (χ3n) is 6.79. The number of rotatable bonds is 13. The van der Waals surface area contributed by atoms with Crippen LogP contribution in [0.25, 0.3) is 17.2 Å². The summed E-state index contributed by atoms with van der Waals surface area (Å²) in [6.45, 7) is 1.45. The third kappa shape index (κ3) is 6.71. The number of ether oxygens (including phenoxy) is 3. The average Bonchev–Trinajstić information content (AvgIpc) is 3.44. The van der Waals surface area contributed by atoms with Crippen molar-refractivity contribution >= 4 is 26.9 Å². The number of anilines is 1. The smallest absolute Gasteiger partial charge is 0.246 e. The standard InChI is InChI=1S/C29H35FN5O6S2/c1-19(27(36)20-13-15-21(30)16-14-20)43(37,38)34(17-18-42(5)6)29-33-32-28(22-9-7-12-25(31-22)41-4)35(29)26-23(39-2)10-8-11-24(26)40-3/h7-16,19,27,36H,17-18H2,1-6H3/q+1/t19-,27+/m1/s1. The van der Waals surface area contributed by atoms with E-state index in [1.165, 1.54) is 57.1 Å². The number of para-hydroxylation sites is 1. The lowest BCUT2D eigenvalue weighted by molar-refractivity contribution is 0.175. The number of methoxy groups -OCH3 is 3. The van der Waals surface area contributed by atoms with E-state index in [0.29, 0.717) is 34.5 Å². The molecule has 2 atom stereocenters. The second-order valence-corrected chi connectivity index (χ2v) is 14.3. The molecule has 2 aromatic carbocycles. The SMILES string of the molecule is COc1cccc(-c2nnc(N(CC[S+](C)C)S(=O)(=O)[C@H](C)[C@H](O)c3ccc(F)cc3)n2-c2c(OC)cccc2OC)n1. The van der Waals surface area contributed by atoms with E-state index in [0.717, 1.165) is 4.31 Å². The fourth-order valence-corrected chi connectivity index (χ4v) is 6.65. The highest BCUT2D eigenvalue weighted by Gasteiger charge is 2.39. The summed E-state index contributed by atoms with van der Waals surface area (Å²) in [5, 5.41) is 18.6. The van der Waals surface area contributed by atoms with Gasteiger partial charge in [-0.15, -0.1) is 10.2 Å². The molecule has 1 N–H and O–H groups in total. The molecule has 0 radical (unpaired) electrons. The summed E-state index contributed by atoms with van der Waals surface area (Å²) in [6, 6.07) is 15.3. The van der Waals surface area contributed by atoms with Gasteiger partial charge in [-0.05, 0) is 53.7 Å². The molecular weight excluding hydrogens is 597 g/mol. The van der Waals surface area contributed by atoms with E-state index in [4.69, 9.17) is 14.2 Å². The van der Waals surface area contributed by atoms with Crippen molar-refractivity contribution in [3.8, 4) is 34.6 Å². The van der Waals surface area contributed by atoms with Crippen LogP contribution < -0.4 is 18.5 Å². The van der Waals surface area contributed by atoms with E-state index in [1.54, 1.807) is 36.4 Å². The largest absolute Gasteiger partial charge is 0.494 e. The number of aliphatic hydroxyl groups excluding tert-OH is 1. The van der Waals surface area contributed by atoms with Crippen molar-refractivity contribution in [2.75, 3.05) is 50.4 Å². The molecule has 4 rings (SSSR count). The number of halogens is 1. The number of aromatic nitrogens is 4. The van der Waals surface area contributed by atoms with Gasteiger partial charge < -0.3 is 19.3 Å². The van der Waals surface area contributed by atoms with Gasteiger partial charge in [0.25, 0.3) is 0 Å². The highest BCUT2D eigenvalue weighted by molar-refractivity contribution is 7.95. The van der Waals surface area contributed by atoms with E-state index < -0.39 is 27.2 Å². The summed E-state index contributed by atoms with van der Waals surface area (Å²) in [5.74, 6) is 1.22. The molecule has 0 aliphatic heterocycles. The van der Waals surface area contributed by atoms with Crippen molar-refractivity contribution in [1.29, 1.82) is 0 Å². The van der Waals surface area contributed by atoms with E-state index >= 15 is 0 Å². The summed E-state index contributed by atoms with van der Waals surface area (Å²) in [7, 11) is -0.00333. The molecule has 0 saturated carbocycles. The third-order valence-corrected chi connectivity index (χ3v) is 9.95. The molecule has 0 spiro atoms. The summed E-state index contributed by atoms with van der Waals surface area (Å²) >= 11 is 0. The average molecular weight is 633 g/mol. The topological polar surface area (TPSA) is 129 Å². The zero-order chi connectivity index (χ0) is 31.3. The maximum absolute atomic E-state index is 14.4. The van der Waals surface area contributed by atoms with Crippen molar-refractivity contribution in [2.45, 2.75) is 18.3 Å². The van der Waals surface area contributed by atoms with Crippen LogP contribution in [0.4, 0.5) is 10.3 Å². The van der Waals surface area contributed by atoms with Gasteiger partial charge in [-0.25, -0.2) is 22.1 Å². The second-order valence-electron chi connectivity index (χ2n) is 9.74. The molecule has 2 aromatic heterocycles. The van der Waals surface area contributed by atoms with Crippen molar-refractivity contribution in [2.24, 2.45) is 0 Å². The van der Waals surface area contributed by atoms with E-state index in [-0.39, 0.29) is 34.8 Å². The van der Waals surface area contributed by atoms with Gasteiger partial charge in [-0.3, -0.25) is 4.57 Å². The molecule has 0 fully saturated rings. The highest BCUT2D eigenvalue weighted by Crippen LogP contribution is 2.39. The number of nitrogens with zero attached hydrogens (tertiary/aromatic N) is 5. The molecule has 0 aliphatic rings. The van der Waals surface area contributed by atoms with Gasteiger partial charge in [0.15, 0.2) is 5.82 Å². The van der Waals surface area contributed by atoms with Crippen molar-refractivity contribution < 1.29 is 32.1 Å². The lowest BCUT2D eigenvalue weighted by Crippen LogP contribution is -2.43. The first kappa shape index (κ1) is 32.0. The Labute approximate surface area is 253 Å². The number of pyridine rings is 1. The van der Waals surface area contributed by atoms with Gasteiger partial charge >= 0.3 is 0 Å². The van der Waals surface area contributed by atoms with Gasteiger partial charge in [0, 0.05) is 6.07 Å². The minimum Gasteiger partial charge on any atom is -0.494 e. The van der Waals surface area contributed by atoms with Gasteiger partial charge in [0.05, 0.1) is 46.5 Å². The van der Waals surface area contributed by atoms with Crippen LogP contribution in [0.3, 0.4) is 0 Å². The van der Waals surface area contributed by atoms with Crippen molar-refractivity contribution in [3.63, 3.8) is 0 Å². The van der Waals surface area contributed by atoms with Gasteiger partial charge in [-0.2, -0.15) is 0 Å².